The molecule has 0 bridgehead atoms. The summed E-state index contributed by atoms with van der Waals surface area (Å²) in [4.78, 5) is 29.7. The second-order valence-corrected chi connectivity index (χ2v) is 8.87. The smallest absolute Gasteiger partial charge is 0.323 e. The van der Waals surface area contributed by atoms with Crippen LogP contribution in [-0.2, 0) is 0 Å². The number of rotatable bonds is 6. The lowest BCUT2D eigenvalue weighted by molar-refractivity contribution is 0.0363. The third-order valence-corrected chi connectivity index (χ3v) is 5.74. The summed E-state index contributed by atoms with van der Waals surface area (Å²) in [6.45, 7) is 8.27. The fraction of sp³-hybridized carbons (Fsp3) is 0.522. The molecule has 2 aromatic rings. The number of fused-ring (bicyclic) bond motifs is 1. The van der Waals surface area contributed by atoms with Crippen LogP contribution in [0.4, 0.5) is 16.2 Å². The van der Waals surface area contributed by atoms with Gasteiger partial charge in [0.1, 0.15) is 23.2 Å². The lowest BCUT2D eigenvalue weighted by atomic mass is 9.99. The molecule has 1 aromatic carbocycles. The highest BCUT2D eigenvalue weighted by molar-refractivity contribution is 6.03. The molecular weight excluding hydrogens is 426 g/mol. The number of anilines is 2. The highest BCUT2D eigenvalue weighted by atomic mass is 16.5. The second kappa shape index (κ2) is 10.2. The first-order chi connectivity index (χ1) is 15.6. The van der Waals surface area contributed by atoms with Crippen molar-refractivity contribution in [1.82, 2.24) is 15.0 Å². The number of amides is 3. The number of aromatic nitrogens is 1. The van der Waals surface area contributed by atoms with E-state index in [-0.39, 0.29) is 30.6 Å². The summed E-state index contributed by atoms with van der Waals surface area (Å²) in [7, 11) is 3.94. The van der Waals surface area contributed by atoms with Crippen molar-refractivity contribution in [2.24, 2.45) is 5.92 Å². The summed E-state index contributed by atoms with van der Waals surface area (Å²) < 4.78 is 11.3. The quantitative estimate of drug-likeness (QED) is 0.607. The summed E-state index contributed by atoms with van der Waals surface area (Å²) in [5.41, 5.74) is 1.84. The highest BCUT2D eigenvalue weighted by Gasteiger charge is 2.33. The molecule has 0 radical (unpaired) electrons. The summed E-state index contributed by atoms with van der Waals surface area (Å²) in [5.74, 6) is 0.748. The molecule has 3 rings (SSSR count). The molecule has 0 aliphatic carbocycles. The minimum absolute atomic E-state index is 0.0529. The number of nitrogens with one attached hydrogen (secondary N) is 2. The van der Waals surface area contributed by atoms with Gasteiger partial charge in [0.25, 0.3) is 5.91 Å². The van der Waals surface area contributed by atoms with E-state index < -0.39 is 6.03 Å². The van der Waals surface area contributed by atoms with Crippen molar-refractivity contribution in [2.45, 2.75) is 39.8 Å². The van der Waals surface area contributed by atoms with Gasteiger partial charge < -0.3 is 34.8 Å². The topological polar surface area (TPSA) is 120 Å². The predicted molar refractivity (Wildman–Crippen MR) is 125 cm³/mol. The molecule has 0 unspecified atom stereocenters. The van der Waals surface area contributed by atoms with Crippen LogP contribution >= 0.6 is 0 Å². The fourth-order valence-electron chi connectivity index (χ4n) is 3.82. The number of ether oxygens (including phenoxy) is 1. The third-order valence-electron chi connectivity index (χ3n) is 5.74. The van der Waals surface area contributed by atoms with Crippen LogP contribution in [0.15, 0.2) is 22.7 Å². The van der Waals surface area contributed by atoms with E-state index >= 15 is 0 Å². The first-order valence-corrected chi connectivity index (χ1v) is 11.0. The summed E-state index contributed by atoms with van der Waals surface area (Å²) in [5, 5.41) is 19.0. The van der Waals surface area contributed by atoms with Gasteiger partial charge in [-0.25, -0.2) is 4.79 Å². The van der Waals surface area contributed by atoms with Crippen LogP contribution in [0.1, 0.15) is 35.7 Å². The molecule has 0 saturated carbocycles. The van der Waals surface area contributed by atoms with Gasteiger partial charge in [-0.2, -0.15) is 0 Å². The van der Waals surface area contributed by atoms with Gasteiger partial charge in [-0.3, -0.25) is 4.79 Å². The molecule has 3 atom stereocenters. The number of benzene rings is 1. The number of hydrogen-bond acceptors (Lipinski definition) is 7. The molecule has 1 aliphatic rings. The molecule has 0 fully saturated rings. The Morgan fingerprint density at radius 3 is 2.67 bits per heavy atom. The van der Waals surface area contributed by atoms with E-state index in [1.165, 1.54) is 0 Å². The number of carbonyl (C=O) groups excluding carboxylic acids is 2. The number of hydrogen-bond donors (Lipinski definition) is 3. The van der Waals surface area contributed by atoms with Crippen LogP contribution in [0.25, 0.3) is 0 Å². The van der Waals surface area contributed by atoms with E-state index in [1.54, 1.807) is 36.9 Å². The first-order valence-electron chi connectivity index (χ1n) is 11.0. The Hall–Kier alpha value is -3.11. The second-order valence-electron chi connectivity index (χ2n) is 8.87. The zero-order chi connectivity index (χ0) is 24.3. The molecule has 1 aromatic heterocycles. The predicted octanol–water partition coefficient (Wildman–Crippen LogP) is 2.72. The Bertz CT molecular complexity index is 986. The molecular formula is C23H33N5O5. The Morgan fingerprint density at radius 1 is 1.33 bits per heavy atom. The van der Waals surface area contributed by atoms with Crippen molar-refractivity contribution < 1.29 is 24.0 Å². The largest absolute Gasteiger partial charge is 0.488 e. The van der Waals surface area contributed by atoms with Crippen LogP contribution < -0.4 is 15.4 Å². The van der Waals surface area contributed by atoms with Gasteiger partial charge in [0.05, 0.1) is 18.2 Å². The van der Waals surface area contributed by atoms with Crippen LogP contribution in [0.3, 0.4) is 0 Å². The average Bonchev–Trinajstić information content (AvgIpc) is 3.07. The molecule has 1 aliphatic heterocycles. The molecule has 0 saturated heterocycles. The maximum Gasteiger partial charge on any atom is 0.323 e. The van der Waals surface area contributed by atoms with E-state index in [2.05, 4.69) is 15.8 Å². The van der Waals surface area contributed by atoms with E-state index in [9.17, 15) is 14.7 Å². The van der Waals surface area contributed by atoms with Gasteiger partial charge in [0.2, 0.25) is 0 Å². The number of aryl methyl sites for hydroxylation is 2. The molecule has 10 nitrogen and oxygen atoms in total. The molecule has 2 heterocycles. The van der Waals surface area contributed by atoms with Crippen molar-refractivity contribution in [2.75, 3.05) is 44.4 Å². The number of nitrogens with zero attached hydrogens (tertiary/aromatic N) is 3. The highest BCUT2D eigenvalue weighted by Crippen LogP contribution is 2.30. The summed E-state index contributed by atoms with van der Waals surface area (Å²) in [6, 6.07) is 4.15. The number of carbonyl (C=O) groups is 2. The number of aliphatic hydroxyl groups excluding tert-OH is 1. The monoisotopic (exact) mass is 459 g/mol. The molecule has 0 spiro atoms. The van der Waals surface area contributed by atoms with Crippen LogP contribution in [-0.4, -0.2) is 77.9 Å². The van der Waals surface area contributed by atoms with Gasteiger partial charge in [-0.05, 0) is 53.1 Å². The number of urea groups is 1. The lowest BCUT2D eigenvalue weighted by Gasteiger charge is -2.37. The molecule has 33 heavy (non-hydrogen) atoms. The van der Waals surface area contributed by atoms with Crippen LogP contribution in [0.5, 0.6) is 5.75 Å². The van der Waals surface area contributed by atoms with E-state index in [4.69, 9.17) is 9.26 Å². The van der Waals surface area contributed by atoms with Crippen molar-refractivity contribution in [3.8, 4) is 5.75 Å². The van der Waals surface area contributed by atoms with Crippen molar-refractivity contribution in [3.05, 3.63) is 35.2 Å². The van der Waals surface area contributed by atoms with Gasteiger partial charge in [-0.15, -0.1) is 0 Å². The molecule has 180 valence electrons. The van der Waals surface area contributed by atoms with Crippen molar-refractivity contribution in [1.29, 1.82) is 0 Å². The fourth-order valence-corrected chi connectivity index (χ4v) is 3.82. The third kappa shape index (κ3) is 5.63. The van der Waals surface area contributed by atoms with E-state index in [1.807, 2.05) is 32.8 Å². The maximum absolute atomic E-state index is 13.4. The van der Waals surface area contributed by atoms with Gasteiger partial charge >= 0.3 is 6.03 Å². The van der Waals surface area contributed by atoms with Crippen LogP contribution in [0, 0.1) is 19.8 Å². The first kappa shape index (κ1) is 24.5. The molecule has 3 N–H and O–H groups in total. The Morgan fingerprint density at radius 2 is 2.06 bits per heavy atom. The minimum Gasteiger partial charge on any atom is -0.488 e. The average molecular weight is 460 g/mol. The standard InChI is InChI=1S/C23H33N5O5/c1-13-10-28(14(2)12-29)22(30)18-9-17(7-8-19(18)32-20(13)11-27(5)6)24-23(31)25-21-15(3)26-33-16(21)4/h7-9,13-14,20,29H,10-12H2,1-6H3,(H2,24,25,31)/t13-,14-,20-/m0/s1. The summed E-state index contributed by atoms with van der Waals surface area (Å²) in [6.07, 6.45) is -0.151. The van der Waals surface area contributed by atoms with Gasteiger partial charge in [0.15, 0.2) is 5.76 Å². The van der Waals surface area contributed by atoms with Crippen molar-refractivity contribution >= 4 is 23.3 Å². The Labute approximate surface area is 193 Å². The van der Waals surface area contributed by atoms with E-state index in [0.717, 1.165) is 0 Å². The normalized spacial score (nSPS) is 19.4. The molecule has 10 heteroatoms. The summed E-state index contributed by atoms with van der Waals surface area (Å²) >= 11 is 0. The van der Waals surface area contributed by atoms with Crippen molar-refractivity contribution in [3.63, 3.8) is 0 Å². The maximum atomic E-state index is 13.4. The Balaban J connectivity index is 1.90. The Kier molecular flexibility index (Phi) is 7.60. The SMILES string of the molecule is Cc1noc(C)c1NC(=O)Nc1ccc2c(c1)C(=O)N([C@@H](C)CO)C[C@H](C)[C@H](CN(C)C)O2. The zero-order valence-corrected chi connectivity index (χ0v) is 20.0. The van der Waals surface area contributed by atoms with Gasteiger partial charge in [0, 0.05) is 24.7 Å². The number of aliphatic hydroxyl groups is 1. The zero-order valence-electron chi connectivity index (χ0n) is 20.0. The number of likely N-dealkylation sites (N-methyl/N-ethyl adjacent to an activating group) is 1. The minimum atomic E-state index is -0.483. The van der Waals surface area contributed by atoms with E-state index in [0.29, 0.717) is 47.2 Å². The van der Waals surface area contributed by atoms with Gasteiger partial charge in [-0.1, -0.05) is 12.1 Å². The lowest BCUT2D eigenvalue weighted by Crippen LogP contribution is -2.49. The van der Waals surface area contributed by atoms with Crippen LogP contribution in [0.2, 0.25) is 0 Å². The molecule has 3 amide bonds.